The molecule has 4 nitrogen and oxygen atoms in total. The third-order valence-corrected chi connectivity index (χ3v) is 8.71. The summed E-state index contributed by atoms with van der Waals surface area (Å²) in [7, 11) is 0. The van der Waals surface area contributed by atoms with Gasteiger partial charge in [0, 0.05) is 0 Å². The van der Waals surface area contributed by atoms with E-state index in [0.29, 0.717) is 47.3 Å². The zero-order chi connectivity index (χ0) is 32.5. The monoisotopic (exact) mass is 654 g/mol. The molecule has 0 N–H and O–H groups in total. The summed E-state index contributed by atoms with van der Waals surface area (Å²) in [5.74, 6) is 4.37. The molecule has 0 saturated heterocycles. The Morgan fingerprint density at radius 1 is 0.422 bits per heavy atom. The van der Waals surface area contributed by atoms with Gasteiger partial charge >= 0.3 is 54.5 Å². The predicted octanol–water partition coefficient (Wildman–Crippen LogP) is 5.15. The van der Waals surface area contributed by atoms with Crippen LogP contribution in [0.5, 0.6) is 0 Å². The van der Waals surface area contributed by atoms with E-state index in [1.807, 2.05) is 0 Å². The molecular weight excluding hydrogens is 585 g/mol. The first-order valence-corrected chi connectivity index (χ1v) is 16.4. The molecule has 0 aromatic rings. The minimum absolute atomic E-state index is 0. The van der Waals surface area contributed by atoms with Crippen LogP contribution in [-0.4, -0.2) is 48.3 Å². The van der Waals surface area contributed by atoms with Crippen LogP contribution in [0.4, 0.5) is 0 Å². The summed E-state index contributed by atoms with van der Waals surface area (Å²) in [6, 6.07) is 0. The fraction of sp³-hybridized carbons (Fsp3) is 0.789. The first kappa shape index (κ1) is 49.9. The van der Waals surface area contributed by atoms with Crippen LogP contribution in [0.3, 0.4) is 0 Å². The second kappa shape index (κ2) is 21.6. The largest absolute Gasteiger partial charge is 2.00 e. The topological polar surface area (TPSA) is 56.4 Å². The Labute approximate surface area is 316 Å². The molecule has 2 rings (SSSR count). The van der Waals surface area contributed by atoms with Gasteiger partial charge in [-0.2, -0.15) is 0 Å². The fourth-order valence-electron chi connectivity index (χ4n) is 6.28. The maximum atomic E-state index is 4.88. The first-order chi connectivity index (χ1) is 19.1. The van der Waals surface area contributed by atoms with E-state index in [-0.39, 0.29) is 76.7 Å². The molecule has 0 aromatic heterocycles. The Bertz CT molecular complexity index is 712. The Morgan fingerprint density at radius 2 is 0.578 bits per heavy atom. The van der Waals surface area contributed by atoms with E-state index in [1.54, 1.807) is 0 Å². The average Bonchev–Trinajstić information content (AvgIpc) is 3.38. The molecular formula is C38H68CoLi2N4. The second-order valence-corrected chi connectivity index (χ2v) is 16.8. The summed E-state index contributed by atoms with van der Waals surface area (Å²) >= 11 is 0. The van der Waals surface area contributed by atoms with Crippen molar-refractivity contribution in [1.82, 2.24) is 0 Å². The maximum absolute atomic E-state index is 4.88. The van der Waals surface area contributed by atoms with Crippen molar-refractivity contribution >= 4 is 0 Å². The van der Waals surface area contributed by atoms with Gasteiger partial charge in [-0.25, -0.2) is 0 Å². The van der Waals surface area contributed by atoms with Gasteiger partial charge in [0.25, 0.3) is 0 Å². The summed E-state index contributed by atoms with van der Waals surface area (Å²) in [6.07, 6.45) is 10.8. The first-order valence-electron chi connectivity index (χ1n) is 16.4. The summed E-state index contributed by atoms with van der Waals surface area (Å²) < 4.78 is 0. The molecule has 0 aliphatic heterocycles. The van der Waals surface area contributed by atoms with Gasteiger partial charge in [0.2, 0.25) is 0 Å². The van der Waals surface area contributed by atoms with Gasteiger partial charge in [-0.3, -0.25) is 0 Å². The van der Waals surface area contributed by atoms with Crippen LogP contribution in [0.2, 0.25) is 0 Å². The molecule has 0 heterocycles. The van der Waals surface area contributed by atoms with Crippen molar-refractivity contribution in [2.45, 2.75) is 118 Å². The van der Waals surface area contributed by atoms with E-state index in [0.717, 1.165) is 39.0 Å². The summed E-state index contributed by atoms with van der Waals surface area (Å²) in [6.45, 7) is 45.9. The van der Waals surface area contributed by atoms with E-state index in [4.69, 9.17) is 21.3 Å². The summed E-state index contributed by atoms with van der Waals surface area (Å²) in [5, 5.41) is 19.5. The molecule has 0 aromatic carbocycles. The van der Waals surface area contributed by atoms with Crippen molar-refractivity contribution < 1.29 is 54.5 Å². The Morgan fingerprint density at radius 3 is 0.689 bits per heavy atom. The Balaban J connectivity index is -0.000000735. The normalized spacial score (nSPS) is 28.4. The molecule has 7 heteroatoms. The van der Waals surface area contributed by atoms with Crippen LogP contribution in [0, 0.1) is 47.3 Å². The fourth-order valence-corrected chi connectivity index (χ4v) is 6.28. The van der Waals surface area contributed by atoms with Crippen molar-refractivity contribution in [2.24, 2.45) is 47.3 Å². The smallest absolute Gasteiger partial charge is 0.657 e. The van der Waals surface area contributed by atoms with E-state index < -0.39 is 0 Å². The summed E-state index contributed by atoms with van der Waals surface area (Å²) in [5.41, 5.74) is 0.126. The molecule has 2 aliphatic carbocycles. The van der Waals surface area contributed by atoms with Crippen LogP contribution < -0.4 is 37.7 Å². The molecule has 8 atom stereocenters. The predicted molar refractivity (Wildman–Crippen MR) is 190 cm³/mol. The molecule has 45 heavy (non-hydrogen) atoms. The van der Waals surface area contributed by atoms with Crippen LogP contribution in [-0.2, 0) is 16.8 Å². The van der Waals surface area contributed by atoms with Crippen LogP contribution in [0.25, 0.3) is 21.3 Å². The number of hydrogen-bond acceptors (Lipinski definition) is 0. The van der Waals surface area contributed by atoms with E-state index >= 15 is 0 Å². The number of allylic oxidation sites excluding steroid dienone is 4. The molecule has 1 radical (unpaired) electrons. The Hall–Kier alpha value is 0.501. The van der Waals surface area contributed by atoms with Gasteiger partial charge in [-0.1, -0.05) is 131 Å². The van der Waals surface area contributed by atoms with Gasteiger partial charge in [0.1, 0.15) is 0 Å². The zero-order valence-corrected chi connectivity index (χ0v) is 33.2. The van der Waals surface area contributed by atoms with Crippen molar-refractivity contribution in [2.75, 3.05) is 26.2 Å². The quantitative estimate of drug-likeness (QED) is 0.207. The van der Waals surface area contributed by atoms with Crippen LogP contribution >= 0.6 is 0 Å². The van der Waals surface area contributed by atoms with E-state index in [1.165, 1.54) is 0 Å². The maximum Gasteiger partial charge on any atom is 2.00 e. The second-order valence-electron chi connectivity index (χ2n) is 16.8. The molecule has 8 unspecified atom stereocenters. The SMILES string of the molecule is C=CC1CC(C=C)C(C[N-]C(C)(C)C)C1C[N-]C(C)(C)C.C=CC1CC(C=C)C(C[N-]C(C)(C)C)C1C[N-]C(C)(C)C.[Co+2].[Li+].[Li+]. The van der Waals surface area contributed by atoms with Crippen molar-refractivity contribution in [3.8, 4) is 0 Å². The van der Waals surface area contributed by atoms with Gasteiger partial charge in [0.15, 0.2) is 0 Å². The zero-order valence-electron chi connectivity index (χ0n) is 32.1. The number of nitrogens with zero attached hydrogens (tertiary/aromatic N) is 4. The minimum Gasteiger partial charge on any atom is -0.657 e. The number of rotatable bonds is 12. The van der Waals surface area contributed by atoms with Crippen molar-refractivity contribution in [3.63, 3.8) is 0 Å². The standard InChI is InChI=1S/2C19H34N2.Co.2Li/c2*1-9-14-11-15(10-2)17(13-21-19(6,7)8)16(14)12-20-18(3,4)5;;;/h2*9-10,14-17H,1-2,11-13H2,3-8H3;;;/q2*-2;+2;2*+1. The molecule has 0 bridgehead atoms. The van der Waals surface area contributed by atoms with Crippen LogP contribution in [0.15, 0.2) is 50.6 Å². The number of hydrogen-bond donors (Lipinski definition) is 0. The van der Waals surface area contributed by atoms with E-state index in [2.05, 4.69) is 134 Å². The van der Waals surface area contributed by atoms with Crippen molar-refractivity contribution in [3.05, 3.63) is 71.9 Å². The average molecular weight is 654 g/mol. The molecule has 2 aliphatic rings. The third kappa shape index (κ3) is 19.3. The molecule has 251 valence electrons. The Kier molecular flexibility index (Phi) is 23.9. The summed E-state index contributed by atoms with van der Waals surface area (Å²) in [4.78, 5) is 0. The van der Waals surface area contributed by atoms with Gasteiger partial charge in [0.05, 0.1) is 0 Å². The van der Waals surface area contributed by atoms with E-state index in [9.17, 15) is 0 Å². The van der Waals surface area contributed by atoms with Crippen LogP contribution in [0.1, 0.15) is 95.9 Å². The molecule has 0 amide bonds. The molecule has 0 spiro atoms. The molecule has 2 saturated carbocycles. The van der Waals surface area contributed by atoms with Gasteiger partial charge < -0.3 is 21.3 Å². The van der Waals surface area contributed by atoms with Gasteiger partial charge in [-0.15, -0.1) is 74.7 Å². The van der Waals surface area contributed by atoms with Gasteiger partial charge in [-0.05, 0) is 36.5 Å². The van der Waals surface area contributed by atoms with Crippen molar-refractivity contribution in [1.29, 1.82) is 0 Å². The molecule has 2 fully saturated rings. The third-order valence-electron chi connectivity index (χ3n) is 8.71. The minimum atomic E-state index is 0.